The van der Waals surface area contributed by atoms with Crippen LogP contribution in [0.2, 0.25) is 0 Å². The topological polar surface area (TPSA) is 188 Å². The quantitative estimate of drug-likeness (QED) is 0.114. The van der Waals surface area contributed by atoms with Gasteiger partial charge in [0, 0.05) is 24.2 Å². The summed E-state index contributed by atoms with van der Waals surface area (Å²) in [5, 5.41) is 7.49. The Hall–Kier alpha value is -6.77. The number of nitrogens with one attached hydrogen (secondary N) is 4. The maximum absolute atomic E-state index is 14.0. The highest BCUT2D eigenvalue weighted by molar-refractivity contribution is 5.91. The molecule has 4 N–H and O–H groups in total. The molecule has 2 saturated heterocycles. The molecule has 3 aromatic carbocycles. The van der Waals surface area contributed by atoms with Gasteiger partial charge < -0.3 is 39.9 Å². The van der Waals surface area contributed by atoms with Gasteiger partial charge in [0.15, 0.2) is 5.65 Å². The average molecular weight is 798 g/mol. The zero-order valence-electron chi connectivity index (χ0n) is 33.4. The number of aromatic amines is 2. The first-order valence-corrected chi connectivity index (χ1v) is 19.9. The van der Waals surface area contributed by atoms with E-state index in [1.165, 1.54) is 14.2 Å². The molecule has 0 radical (unpaired) electrons. The van der Waals surface area contributed by atoms with Crippen molar-refractivity contribution in [2.24, 2.45) is 5.92 Å². The van der Waals surface area contributed by atoms with Crippen LogP contribution >= 0.6 is 0 Å². The van der Waals surface area contributed by atoms with Crippen LogP contribution in [0.3, 0.4) is 0 Å². The van der Waals surface area contributed by atoms with Gasteiger partial charge in [-0.1, -0.05) is 68.4 Å². The van der Waals surface area contributed by atoms with Gasteiger partial charge in [0.05, 0.1) is 49.4 Å². The second-order valence-corrected chi connectivity index (χ2v) is 15.4. The number of aromatic nitrogens is 5. The van der Waals surface area contributed by atoms with E-state index in [0.29, 0.717) is 35.9 Å². The van der Waals surface area contributed by atoms with Crippen molar-refractivity contribution in [3.8, 4) is 22.5 Å². The minimum Gasteiger partial charge on any atom is -0.453 e. The first kappa shape index (κ1) is 39.1. The third-order valence-electron chi connectivity index (χ3n) is 11.3. The van der Waals surface area contributed by atoms with Crippen molar-refractivity contribution in [1.82, 2.24) is 45.4 Å². The Kier molecular flexibility index (Phi) is 11.0. The maximum Gasteiger partial charge on any atom is 0.407 e. The lowest BCUT2D eigenvalue weighted by molar-refractivity contribution is -0.135. The van der Waals surface area contributed by atoms with Crippen LogP contribution < -0.4 is 10.6 Å². The highest BCUT2D eigenvalue weighted by atomic mass is 16.5. The summed E-state index contributed by atoms with van der Waals surface area (Å²) in [6.45, 7) is 4.91. The molecule has 5 heterocycles. The number of methoxy groups -OCH3 is 2. The van der Waals surface area contributed by atoms with Gasteiger partial charge in [-0.05, 0) is 72.2 Å². The van der Waals surface area contributed by atoms with Gasteiger partial charge in [0.2, 0.25) is 5.91 Å². The molecule has 2 fully saturated rings. The van der Waals surface area contributed by atoms with Gasteiger partial charge in [-0.3, -0.25) is 9.59 Å². The summed E-state index contributed by atoms with van der Waals surface area (Å²) in [5.74, 6) is 0.865. The third kappa shape index (κ3) is 7.92. The summed E-state index contributed by atoms with van der Waals surface area (Å²) >= 11 is 0. The Morgan fingerprint density at radius 2 is 1.37 bits per heavy atom. The molecule has 304 valence electrons. The predicted octanol–water partition coefficient (Wildman–Crippen LogP) is 6.97. The van der Waals surface area contributed by atoms with Crippen molar-refractivity contribution >= 4 is 45.9 Å². The molecule has 4 amide bonds. The minimum atomic E-state index is -0.902. The standard InChI is InChI=1S/C44H47N9O6/c1-25(2)36(49-43(56)58-3)41(54)52-20-8-12-34(52)39-45-24-33(48-39)30-17-15-27-22-29(16-14-28(27)23-30)31-18-19-32-38(46-31)51-40(47-32)35-13-9-21-53(35)42(55)37(50-44(57)59-4)26-10-6-5-7-11-26/h5-7,10-11,14-19,22-25,34-37H,8-9,12-13,20-21H2,1-4H3,(H,45,48)(H,49,56)(H,50,57)(H,46,47,51)/t34-,35-,36-,37+/m0/s1. The monoisotopic (exact) mass is 797 g/mol. The van der Waals surface area contributed by atoms with Crippen LogP contribution in [-0.2, 0) is 19.1 Å². The van der Waals surface area contributed by atoms with Gasteiger partial charge in [-0.2, -0.15) is 0 Å². The van der Waals surface area contributed by atoms with Gasteiger partial charge in [0.25, 0.3) is 5.91 Å². The molecular weight excluding hydrogens is 751 g/mol. The molecule has 2 aliphatic rings. The predicted molar refractivity (Wildman–Crippen MR) is 221 cm³/mol. The zero-order valence-corrected chi connectivity index (χ0v) is 33.4. The molecule has 3 aromatic heterocycles. The van der Waals surface area contributed by atoms with Gasteiger partial charge in [-0.15, -0.1) is 0 Å². The number of carbonyl (C=O) groups is 4. The molecular formula is C44H47N9O6. The fourth-order valence-corrected chi connectivity index (χ4v) is 8.24. The van der Waals surface area contributed by atoms with Crippen LogP contribution in [0.15, 0.2) is 85.1 Å². The highest BCUT2D eigenvalue weighted by Gasteiger charge is 2.39. The summed E-state index contributed by atoms with van der Waals surface area (Å²) in [6, 6.07) is 23.4. The molecule has 0 unspecified atom stereocenters. The van der Waals surface area contributed by atoms with Gasteiger partial charge in [0.1, 0.15) is 23.7 Å². The lowest BCUT2D eigenvalue weighted by Crippen LogP contribution is -2.51. The number of pyridine rings is 1. The van der Waals surface area contributed by atoms with Gasteiger partial charge >= 0.3 is 12.2 Å². The number of fused-ring (bicyclic) bond motifs is 2. The lowest BCUT2D eigenvalue weighted by Gasteiger charge is -2.30. The van der Waals surface area contributed by atoms with E-state index in [0.717, 1.165) is 64.5 Å². The highest BCUT2D eigenvalue weighted by Crippen LogP contribution is 2.36. The number of rotatable bonds is 10. The normalized spacial score (nSPS) is 17.6. The maximum atomic E-state index is 14.0. The molecule has 4 atom stereocenters. The molecule has 8 rings (SSSR count). The van der Waals surface area contributed by atoms with E-state index < -0.39 is 24.3 Å². The second-order valence-electron chi connectivity index (χ2n) is 15.4. The van der Waals surface area contributed by atoms with Crippen LogP contribution in [0.5, 0.6) is 0 Å². The lowest BCUT2D eigenvalue weighted by atomic mass is 10.0. The number of imidazole rings is 2. The fourth-order valence-electron chi connectivity index (χ4n) is 8.24. The number of hydrogen-bond acceptors (Lipinski definition) is 9. The Morgan fingerprint density at radius 3 is 2.07 bits per heavy atom. The number of hydrogen-bond donors (Lipinski definition) is 4. The number of carbonyl (C=O) groups excluding carboxylic acids is 4. The smallest absolute Gasteiger partial charge is 0.407 e. The second kappa shape index (κ2) is 16.6. The Bertz CT molecular complexity index is 2520. The van der Waals surface area contributed by atoms with Crippen LogP contribution in [0.25, 0.3) is 44.5 Å². The molecule has 15 nitrogen and oxygen atoms in total. The van der Waals surface area contributed by atoms with Crippen molar-refractivity contribution in [3.63, 3.8) is 0 Å². The largest absolute Gasteiger partial charge is 0.453 e. The summed E-state index contributed by atoms with van der Waals surface area (Å²) < 4.78 is 9.60. The van der Waals surface area contributed by atoms with Crippen LogP contribution in [0.1, 0.15) is 74.9 Å². The minimum absolute atomic E-state index is 0.115. The first-order valence-electron chi connectivity index (χ1n) is 19.9. The van der Waals surface area contributed by atoms with E-state index >= 15 is 0 Å². The average Bonchev–Trinajstić information content (AvgIpc) is 4.10. The number of likely N-dealkylation sites (tertiary alicyclic amines) is 2. The van der Waals surface area contributed by atoms with Crippen molar-refractivity contribution in [3.05, 3.63) is 102 Å². The fraction of sp³-hybridized carbons (Fsp3) is 0.341. The first-order chi connectivity index (χ1) is 28.6. The Balaban J connectivity index is 0.987. The molecule has 15 heteroatoms. The number of alkyl carbamates (subject to hydrolysis) is 2. The molecule has 59 heavy (non-hydrogen) atoms. The van der Waals surface area contributed by atoms with E-state index in [9.17, 15) is 19.2 Å². The number of nitrogens with zero attached hydrogens (tertiary/aromatic N) is 5. The summed E-state index contributed by atoms with van der Waals surface area (Å²) in [7, 11) is 2.56. The van der Waals surface area contributed by atoms with E-state index in [2.05, 4.69) is 44.9 Å². The molecule has 2 aliphatic heterocycles. The summed E-state index contributed by atoms with van der Waals surface area (Å²) in [4.78, 5) is 76.8. The molecule has 6 aromatic rings. The van der Waals surface area contributed by atoms with Crippen molar-refractivity contribution in [1.29, 1.82) is 0 Å². The third-order valence-corrected chi connectivity index (χ3v) is 11.3. The SMILES string of the molecule is COC(=O)N[C@H](C(=O)N1CCC[C@H]1c1ncc(-c2ccc3cc(-c4ccc5[nH]c([C@@H]6CCCN6C(=O)[C@H](NC(=O)OC)c6ccccc6)nc5n4)ccc3c2)[nH]1)C(C)C. The van der Waals surface area contributed by atoms with Crippen LogP contribution in [0.4, 0.5) is 9.59 Å². The van der Waals surface area contributed by atoms with Crippen LogP contribution in [0, 0.1) is 5.92 Å². The van der Waals surface area contributed by atoms with Crippen molar-refractivity contribution in [2.75, 3.05) is 27.3 Å². The summed E-state index contributed by atoms with van der Waals surface area (Å²) in [5.41, 5.74) is 5.50. The molecule has 0 spiro atoms. The van der Waals surface area contributed by atoms with Crippen molar-refractivity contribution in [2.45, 2.75) is 63.7 Å². The number of H-pyrrole nitrogens is 2. The van der Waals surface area contributed by atoms with Crippen molar-refractivity contribution < 1.29 is 28.7 Å². The van der Waals surface area contributed by atoms with E-state index in [4.69, 9.17) is 24.4 Å². The van der Waals surface area contributed by atoms with E-state index in [-0.39, 0.29) is 29.8 Å². The Morgan fingerprint density at radius 1 is 0.729 bits per heavy atom. The molecule has 0 aliphatic carbocycles. The number of benzene rings is 3. The van der Waals surface area contributed by atoms with Crippen LogP contribution in [-0.4, -0.2) is 92.1 Å². The van der Waals surface area contributed by atoms with E-state index in [1.54, 1.807) is 16.0 Å². The zero-order chi connectivity index (χ0) is 41.2. The van der Waals surface area contributed by atoms with Gasteiger partial charge in [-0.25, -0.2) is 24.5 Å². The number of ether oxygens (including phenoxy) is 2. The molecule has 0 bridgehead atoms. The Labute approximate surface area is 340 Å². The number of amides is 4. The molecule has 0 saturated carbocycles. The van der Waals surface area contributed by atoms with E-state index in [1.807, 2.05) is 68.4 Å². The summed E-state index contributed by atoms with van der Waals surface area (Å²) in [6.07, 6.45) is 3.61.